The number of hydrogen-bond donors (Lipinski definition) is 1. The summed E-state index contributed by atoms with van der Waals surface area (Å²) >= 11 is 0. The number of hydrogen-bond acceptors (Lipinski definition) is 3. The van der Waals surface area contributed by atoms with E-state index in [1.807, 2.05) is 39.0 Å². The molecule has 1 heterocycles. The Morgan fingerprint density at radius 2 is 1.94 bits per heavy atom. The second-order valence-corrected chi connectivity index (χ2v) is 3.63. The Balaban J connectivity index is 0.000000686. The predicted octanol–water partition coefficient (Wildman–Crippen LogP) is 3.41. The second kappa shape index (κ2) is 6.42. The monoisotopic (exact) mass is 236 g/mol. The summed E-state index contributed by atoms with van der Waals surface area (Å²) in [6.45, 7) is 6.51. The minimum atomic E-state index is 0.0571. The molecule has 17 heavy (non-hydrogen) atoms. The maximum Gasteiger partial charge on any atom is 0.137 e. The molecule has 0 amide bonds. The van der Waals surface area contributed by atoms with Crippen molar-refractivity contribution in [2.75, 3.05) is 7.11 Å². The zero-order valence-electron chi connectivity index (χ0n) is 10.9. The Hall–Kier alpha value is -1.32. The van der Waals surface area contributed by atoms with E-state index in [1.165, 1.54) is 0 Å². The predicted molar refractivity (Wildman–Crippen MR) is 68.9 cm³/mol. The largest absolute Gasteiger partial charge is 0.458 e. The van der Waals surface area contributed by atoms with Gasteiger partial charge in [-0.1, -0.05) is 19.9 Å². The van der Waals surface area contributed by atoms with Crippen LogP contribution in [0.1, 0.15) is 30.7 Å². The van der Waals surface area contributed by atoms with Gasteiger partial charge in [-0.3, -0.25) is 0 Å². The Kier molecular flexibility index (Phi) is 5.19. The van der Waals surface area contributed by atoms with Crippen molar-refractivity contribution in [3.05, 3.63) is 35.1 Å². The maximum atomic E-state index is 9.08. The summed E-state index contributed by atoms with van der Waals surface area (Å²) in [4.78, 5) is 0. The van der Waals surface area contributed by atoms with Crippen LogP contribution in [0.3, 0.4) is 0 Å². The third kappa shape index (κ3) is 3.08. The molecule has 0 saturated heterocycles. The van der Waals surface area contributed by atoms with Crippen LogP contribution in [0.4, 0.5) is 0 Å². The fraction of sp³-hybridized carbons (Fsp3) is 0.429. The highest BCUT2D eigenvalue weighted by Gasteiger charge is 2.07. The lowest BCUT2D eigenvalue weighted by atomic mass is 10.1. The molecule has 0 atom stereocenters. The van der Waals surface area contributed by atoms with Crippen LogP contribution in [-0.4, -0.2) is 12.2 Å². The van der Waals surface area contributed by atoms with Crippen molar-refractivity contribution >= 4 is 11.0 Å². The van der Waals surface area contributed by atoms with E-state index in [4.69, 9.17) is 14.3 Å². The third-order valence-electron chi connectivity index (χ3n) is 2.38. The fourth-order valence-electron chi connectivity index (χ4n) is 1.76. The van der Waals surface area contributed by atoms with Crippen LogP contribution in [0.15, 0.2) is 22.6 Å². The molecule has 0 aliphatic rings. The minimum Gasteiger partial charge on any atom is -0.458 e. The normalized spacial score (nSPS) is 10.2. The van der Waals surface area contributed by atoms with E-state index in [0.29, 0.717) is 6.61 Å². The Labute approximate surface area is 102 Å². The quantitative estimate of drug-likeness (QED) is 0.888. The minimum absolute atomic E-state index is 0.0571. The molecule has 1 aromatic carbocycles. The molecule has 0 radical (unpaired) electrons. The molecule has 0 aliphatic carbocycles. The van der Waals surface area contributed by atoms with Gasteiger partial charge in [-0.15, -0.1) is 0 Å². The first kappa shape index (κ1) is 13.7. The van der Waals surface area contributed by atoms with Crippen LogP contribution in [-0.2, 0) is 18.0 Å². The first-order valence-corrected chi connectivity index (χ1v) is 5.86. The van der Waals surface area contributed by atoms with Crippen molar-refractivity contribution in [3.8, 4) is 0 Å². The van der Waals surface area contributed by atoms with Gasteiger partial charge in [0, 0.05) is 12.5 Å². The lowest BCUT2D eigenvalue weighted by Crippen LogP contribution is -1.84. The first-order chi connectivity index (χ1) is 8.24. The topological polar surface area (TPSA) is 42.6 Å². The van der Waals surface area contributed by atoms with Gasteiger partial charge in [0.1, 0.15) is 18.0 Å². The van der Waals surface area contributed by atoms with Gasteiger partial charge in [-0.2, -0.15) is 0 Å². The van der Waals surface area contributed by atoms with Gasteiger partial charge in [-0.25, -0.2) is 0 Å². The highest BCUT2D eigenvalue weighted by atomic mass is 16.5. The number of fused-ring (bicyclic) bond motifs is 1. The highest BCUT2D eigenvalue weighted by Crippen LogP contribution is 2.25. The number of aliphatic hydroxyl groups is 1. The molecule has 0 bridgehead atoms. The summed E-state index contributed by atoms with van der Waals surface area (Å²) in [5.41, 5.74) is 2.82. The average molecular weight is 236 g/mol. The zero-order chi connectivity index (χ0) is 12.8. The Morgan fingerprint density at radius 3 is 2.53 bits per heavy atom. The molecule has 0 fully saturated rings. The van der Waals surface area contributed by atoms with Crippen LogP contribution in [0.25, 0.3) is 11.0 Å². The third-order valence-corrected chi connectivity index (χ3v) is 2.38. The van der Waals surface area contributed by atoms with Crippen molar-refractivity contribution in [3.63, 3.8) is 0 Å². The van der Waals surface area contributed by atoms with Gasteiger partial charge < -0.3 is 14.3 Å². The Bertz CT molecular complexity index is 472. The van der Waals surface area contributed by atoms with Gasteiger partial charge >= 0.3 is 0 Å². The summed E-state index contributed by atoms with van der Waals surface area (Å²) in [6.07, 6.45) is 0. The number of rotatable bonds is 3. The maximum absolute atomic E-state index is 9.08. The molecule has 0 unspecified atom stereocenters. The first-order valence-electron chi connectivity index (χ1n) is 5.86. The lowest BCUT2D eigenvalue weighted by molar-refractivity contribution is 0.166. The van der Waals surface area contributed by atoms with Crippen molar-refractivity contribution in [2.24, 2.45) is 0 Å². The number of furan rings is 1. The molecule has 0 spiro atoms. The van der Waals surface area contributed by atoms with Gasteiger partial charge in [0.2, 0.25) is 0 Å². The number of aryl methyl sites for hydroxylation is 1. The van der Waals surface area contributed by atoms with Crippen LogP contribution >= 0.6 is 0 Å². The molecule has 0 aliphatic heterocycles. The van der Waals surface area contributed by atoms with Crippen molar-refractivity contribution in [2.45, 2.75) is 34.0 Å². The average Bonchev–Trinajstić information content (AvgIpc) is 2.75. The molecule has 2 rings (SSSR count). The van der Waals surface area contributed by atoms with Gasteiger partial charge in [0.25, 0.3) is 0 Å². The summed E-state index contributed by atoms with van der Waals surface area (Å²) < 4.78 is 10.6. The number of ether oxygens (including phenoxy) is 1. The van der Waals surface area contributed by atoms with E-state index < -0.39 is 0 Å². The van der Waals surface area contributed by atoms with Crippen LogP contribution in [0.5, 0.6) is 0 Å². The molecule has 0 saturated carbocycles. The summed E-state index contributed by atoms with van der Waals surface area (Å²) in [5.74, 6) is 0.811. The highest BCUT2D eigenvalue weighted by molar-refractivity contribution is 5.81. The van der Waals surface area contributed by atoms with Gasteiger partial charge in [-0.05, 0) is 30.2 Å². The standard InChI is InChI=1S/C12H14O3.C2H6/c1-8-3-9(6-13)4-10-5-11(7-14-2)15-12(8)10;1-2/h3-5,13H,6-7H2,1-2H3;1-2H3. The van der Waals surface area contributed by atoms with E-state index in [2.05, 4.69) is 0 Å². The van der Waals surface area contributed by atoms with E-state index in [9.17, 15) is 0 Å². The Morgan fingerprint density at radius 1 is 1.24 bits per heavy atom. The zero-order valence-corrected chi connectivity index (χ0v) is 10.9. The summed E-state index contributed by atoms with van der Waals surface area (Å²) in [5, 5.41) is 10.1. The number of aliphatic hydroxyl groups excluding tert-OH is 1. The molecular weight excluding hydrogens is 216 g/mol. The lowest BCUT2D eigenvalue weighted by Gasteiger charge is -1.99. The number of methoxy groups -OCH3 is 1. The smallest absolute Gasteiger partial charge is 0.137 e. The molecule has 3 heteroatoms. The van der Waals surface area contributed by atoms with Crippen molar-refractivity contribution in [1.82, 2.24) is 0 Å². The second-order valence-electron chi connectivity index (χ2n) is 3.63. The van der Waals surface area contributed by atoms with Crippen LogP contribution in [0.2, 0.25) is 0 Å². The molecule has 94 valence electrons. The van der Waals surface area contributed by atoms with Crippen LogP contribution in [0, 0.1) is 6.92 Å². The molecule has 3 nitrogen and oxygen atoms in total. The molecular formula is C14H20O3. The van der Waals surface area contributed by atoms with E-state index in [0.717, 1.165) is 27.9 Å². The molecule has 2 aromatic rings. The van der Waals surface area contributed by atoms with Gasteiger partial charge in [0.15, 0.2) is 0 Å². The SMILES string of the molecule is CC.COCc1cc2cc(CO)cc(C)c2o1. The molecule has 1 aromatic heterocycles. The molecule has 1 N–H and O–H groups in total. The number of benzene rings is 1. The van der Waals surface area contributed by atoms with Crippen molar-refractivity contribution < 1.29 is 14.3 Å². The van der Waals surface area contributed by atoms with Crippen molar-refractivity contribution in [1.29, 1.82) is 0 Å². The summed E-state index contributed by atoms with van der Waals surface area (Å²) in [7, 11) is 1.64. The fourth-order valence-corrected chi connectivity index (χ4v) is 1.76. The van der Waals surface area contributed by atoms with E-state index >= 15 is 0 Å². The summed E-state index contributed by atoms with van der Waals surface area (Å²) in [6, 6.07) is 5.82. The van der Waals surface area contributed by atoms with Crippen LogP contribution < -0.4 is 0 Å². The van der Waals surface area contributed by atoms with Gasteiger partial charge in [0.05, 0.1) is 6.61 Å². The van der Waals surface area contributed by atoms with E-state index in [-0.39, 0.29) is 6.61 Å². The van der Waals surface area contributed by atoms with E-state index in [1.54, 1.807) is 7.11 Å².